The Hall–Kier alpha value is -0.460. The maximum Gasteiger partial charge on any atom is 0.407 e. The van der Waals surface area contributed by atoms with Gasteiger partial charge in [-0.15, -0.1) is 0 Å². The molecule has 8 heteroatoms. The molecule has 2 atom stereocenters. The van der Waals surface area contributed by atoms with Crippen LogP contribution in [0.4, 0.5) is 4.79 Å². The lowest BCUT2D eigenvalue weighted by Gasteiger charge is -2.18. The fraction of sp³-hybridized carbons (Fsp3) is 0.812. The van der Waals surface area contributed by atoms with Crippen molar-refractivity contribution in [1.29, 1.82) is 0 Å². The minimum Gasteiger partial charge on any atom is -0.446 e. The molecule has 1 rings (SSSR count). The number of rotatable bonds is 10. The number of carbonyl (C=O) groups excluding carboxylic acids is 1. The molecule has 24 heavy (non-hydrogen) atoms. The molecular formula is C16H30NO5PS. The van der Waals surface area contributed by atoms with Crippen LogP contribution >= 0.6 is 6.72 Å². The van der Waals surface area contributed by atoms with Gasteiger partial charge in [0.25, 0.3) is 0 Å². The average Bonchev–Trinajstić information content (AvgIpc) is 2.52. The van der Waals surface area contributed by atoms with Crippen LogP contribution in [0, 0.1) is 0 Å². The predicted molar refractivity (Wildman–Crippen MR) is 98.4 cm³/mol. The quantitative estimate of drug-likeness (QED) is 0.339. The first-order valence-corrected chi connectivity index (χ1v) is 11.2. The molecule has 1 amide bonds. The van der Waals surface area contributed by atoms with Gasteiger partial charge >= 0.3 is 12.8 Å². The van der Waals surface area contributed by atoms with Crippen molar-refractivity contribution in [3.05, 3.63) is 12.2 Å². The van der Waals surface area contributed by atoms with Crippen molar-refractivity contribution in [2.24, 2.45) is 0 Å². The number of allylic oxidation sites excluding steroid dienone is 2. The van der Waals surface area contributed by atoms with Crippen LogP contribution in [0.15, 0.2) is 12.2 Å². The van der Waals surface area contributed by atoms with E-state index < -0.39 is 6.72 Å². The van der Waals surface area contributed by atoms with E-state index in [4.69, 9.17) is 21.1 Å². The molecule has 0 fully saturated rings. The predicted octanol–water partition coefficient (Wildman–Crippen LogP) is 4.04. The van der Waals surface area contributed by atoms with E-state index in [1.54, 1.807) is 0 Å². The summed E-state index contributed by atoms with van der Waals surface area (Å²) in [5.74, 6) is 0. The highest BCUT2D eigenvalue weighted by molar-refractivity contribution is 8.07. The van der Waals surface area contributed by atoms with Gasteiger partial charge in [-0.3, -0.25) is 0 Å². The molecule has 0 spiro atoms. The monoisotopic (exact) mass is 379 g/mol. The first-order chi connectivity index (χ1) is 11.5. The number of hydrogen-bond donors (Lipinski definition) is 2. The molecule has 0 heterocycles. The van der Waals surface area contributed by atoms with E-state index in [1.165, 1.54) is 7.11 Å². The van der Waals surface area contributed by atoms with E-state index in [2.05, 4.69) is 22.0 Å². The second-order valence-electron chi connectivity index (χ2n) is 5.83. The lowest BCUT2D eigenvalue weighted by Crippen LogP contribution is -2.30. The van der Waals surface area contributed by atoms with Gasteiger partial charge in [0.05, 0.1) is 6.61 Å². The summed E-state index contributed by atoms with van der Waals surface area (Å²) >= 11 is 4.73. The Morgan fingerprint density at radius 1 is 1.25 bits per heavy atom. The Labute approximate surface area is 150 Å². The van der Waals surface area contributed by atoms with Gasteiger partial charge in [-0.05, 0) is 56.8 Å². The molecule has 0 saturated carbocycles. The van der Waals surface area contributed by atoms with E-state index in [1.807, 2.05) is 0 Å². The molecule has 1 aliphatic rings. The summed E-state index contributed by atoms with van der Waals surface area (Å²) in [6.07, 6.45) is 12.7. The summed E-state index contributed by atoms with van der Waals surface area (Å²) in [6, 6.07) is 0. The highest BCUT2D eigenvalue weighted by atomic mass is 32.5. The number of amides is 1. The number of alkyl carbamates (subject to hydrolysis) is 1. The van der Waals surface area contributed by atoms with Crippen molar-refractivity contribution in [2.75, 3.05) is 20.3 Å². The van der Waals surface area contributed by atoms with E-state index in [0.717, 1.165) is 57.8 Å². The third-order valence-electron chi connectivity index (χ3n) is 3.82. The third-order valence-corrected chi connectivity index (χ3v) is 5.55. The van der Waals surface area contributed by atoms with Gasteiger partial charge in [0.2, 0.25) is 0 Å². The standard InChI is InChI=1S/C16H30NO5PS/c1-20-23(19,24)21-14-10-6-5-9-13-17-16(18)22-15-11-7-3-2-4-8-12-15/h2-3,15H,4-14H2,1H3,(H,17,18)(H,19,24)/b3-2+. The molecule has 2 N–H and O–H groups in total. The molecule has 0 radical (unpaired) electrons. The van der Waals surface area contributed by atoms with E-state index >= 15 is 0 Å². The molecule has 6 nitrogen and oxygen atoms in total. The Morgan fingerprint density at radius 2 is 2.00 bits per heavy atom. The summed E-state index contributed by atoms with van der Waals surface area (Å²) in [4.78, 5) is 21.2. The summed E-state index contributed by atoms with van der Waals surface area (Å²) in [5, 5.41) is 2.81. The molecular weight excluding hydrogens is 349 g/mol. The summed E-state index contributed by atoms with van der Waals surface area (Å²) in [6.45, 7) is -2.01. The fourth-order valence-corrected chi connectivity index (χ4v) is 3.13. The Morgan fingerprint density at radius 3 is 2.79 bits per heavy atom. The van der Waals surface area contributed by atoms with Crippen LogP contribution < -0.4 is 5.32 Å². The number of nitrogens with one attached hydrogen (secondary N) is 1. The molecule has 0 aromatic heterocycles. The Balaban J connectivity index is 1.97. The molecule has 0 aromatic rings. The summed E-state index contributed by atoms with van der Waals surface area (Å²) < 4.78 is 15.2. The zero-order valence-electron chi connectivity index (χ0n) is 14.4. The van der Waals surface area contributed by atoms with Crippen LogP contribution in [0.25, 0.3) is 0 Å². The van der Waals surface area contributed by atoms with Crippen molar-refractivity contribution in [2.45, 2.75) is 63.9 Å². The molecule has 140 valence electrons. The Bertz CT molecular complexity index is 433. The fourth-order valence-electron chi connectivity index (χ4n) is 2.44. The van der Waals surface area contributed by atoms with Crippen molar-refractivity contribution in [3.8, 4) is 0 Å². The average molecular weight is 379 g/mol. The van der Waals surface area contributed by atoms with Crippen molar-refractivity contribution >= 4 is 24.6 Å². The van der Waals surface area contributed by atoms with Crippen LogP contribution in [0.1, 0.15) is 57.8 Å². The second-order valence-corrected chi connectivity index (χ2v) is 8.78. The maximum absolute atomic E-state index is 11.8. The third kappa shape index (κ3) is 11.2. The zero-order chi connectivity index (χ0) is 17.7. The van der Waals surface area contributed by atoms with Gasteiger partial charge in [0, 0.05) is 13.7 Å². The topological polar surface area (TPSA) is 77.0 Å². The highest BCUT2D eigenvalue weighted by Crippen LogP contribution is 2.42. The van der Waals surface area contributed by atoms with Gasteiger partial charge in [-0.1, -0.05) is 25.0 Å². The minimum absolute atomic E-state index is 0.0355. The number of unbranched alkanes of at least 4 members (excludes halogenated alkanes) is 3. The van der Waals surface area contributed by atoms with Gasteiger partial charge < -0.3 is 24.0 Å². The number of hydrogen-bond acceptors (Lipinski definition) is 5. The minimum atomic E-state index is -3.02. The summed E-state index contributed by atoms with van der Waals surface area (Å²) in [7, 11) is 1.35. The molecule has 1 aliphatic carbocycles. The van der Waals surface area contributed by atoms with Crippen LogP contribution in [-0.2, 0) is 25.6 Å². The van der Waals surface area contributed by atoms with E-state index in [9.17, 15) is 9.69 Å². The maximum atomic E-state index is 11.8. The van der Waals surface area contributed by atoms with E-state index in [0.29, 0.717) is 13.2 Å². The Kier molecular flexibility index (Phi) is 11.5. The van der Waals surface area contributed by atoms with Crippen LogP contribution in [-0.4, -0.2) is 37.4 Å². The van der Waals surface area contributed by atoms with Crippen LogP contribution in [0.5, 0.6) is 0 Å². The van der Waals surface area contributed by atoms with Gasteiger partial charge in [0.1, 0.15) is 6.10 Å². The molecule has 2 unspecified atom stereocenters. The molecule has 0 aliphatic heterocycles. The first-order valence-electron chi connectivity index (χ1n) is 8.66. The van der Waals surface area contributed by atoms with Gasteiger partial charge in [-0.2, -0.15) is 0 Å². The SMILES string of the molecule is COP(O)(=S)OCCCCCCNC(=O)OC1CC/C=C/CCC1. The molecule has 0 saturated heterocycles. The van der Waals surface area contributed by atoms with Gasteiger partial charge in [-0.25, -0.2) is 4.79 Å². The van der Waals surface area contributed by atoms with Crippen LogP contribution in [0.3, 0.4) is 0 Å². The number of carbonyl (C=O) groups is 1. The highest BCUT2D eigenvalue weighted by Gasteiger charge is 2.14. The molecule has 0 bridgehead atoms. The van der Waals surface area contributed by atoms with Gasteiger partial charge in [0.15, 0.2) is 0 Å². The van der Waals surface area contributed by atoms with Crippen molar-refractivity contribution < 1.29 is 23.5 Å². The lowest BCUT2D eigenvalue weighted by molar-refractivity contribution is 0.0863. The number of ether oxygens (including phenoxy) is 1. The van der Waals surface area contributed by atoms with Crippen LogP contribution in [0.2, 0.25) is 0 Å². The van der Waals surface area contributed by atoms with E-state index in [-0.39, 0.29) is 12.2 Å². The smallest absolute Gasteiger partial charge is 0.407 e. The van der Waals surface area contributed by atoms with Crippen molar-refractivity contribution in [3.63, 3.8) is 0 Å². The first kappa shape index (κ1) is 21.6. The molecule has 0 aromatic carbocycles. The lowest BCUT2D eigenvalue weighted by atomic mass is 10.0. The zero-order valence-corrected chi connectivity index (χ0v) is 16.2. The van der Waals surface area contributed by atoms with Crippen molar-refractivity contribution in [1.82, 2.24) is 5.32 Å². The second kappa shape index (κ2) is 12.8. The normalized spacial score (nSPS) is 22.0. The largest absolute Gasteiger partial charge is 0.446 e. The summed E-state index contributed by atoms with van der Waals surface area (Å²) in [5.41, 5.74) is 0.